The van der Waals surface area contributed by atoms with Gasteiger partial charge in [0.2, 0.25) is 5.43 Å². The normalized spacial score (nSPS) is 24.3. The number of amides is 2. The average Bonchev–Trinajstić information content (AvgIpc) is 3.24. The van der Waals surface area contributed by atoms with Gasteiger partial charge in [-0.3, -0.25) is 19.3 Å². The smallest absolute Gasteiger partial charge is 0.341 e. The van der Waals surface area contributed by atoms with E-state index in [0.717, 1.165) is 22.7 Å². The molecule has 2 unspecified atom stereocenters. The fourth-order valence-electron chi connectivity index (χ4n) is 6.06. The van der Waals surface area contributed by atoms with Crippen molar-refractivity contribution >= 4 is 40.1 Å². The summed E-state index contributed by atoms with van der Waals surface area (Å²) in [4.78, 5) is 59.2. The third-order valence-corrected chi connectivity index (χ3v) is 8.18. The molecule has 210 valence electrons. The number of carbonyl (C=O) groups excluding carboxylic acids is 2. The number of hydrogen-bond donors (Lipinski definition) is 1. The maximum Gasteiger partial charge on any atom is 0.341 e. The molecule has 3 aromatic rings. The van der Waals surface area contributed by atoms with Gasteiger partial charge in [-0.25, -0.2) is 13.6 Å². The van der Waals surface area contributed by atoms with Crippen molar-refractivity contribution in [2.45, 2.75) is 31.3 Å². The first-order valence-electron chi connectivity index (χ1n) is 12.9. The highest BCUT2D eigenvalue weighted by molar-refractivity contribution is 6.43. The number of rotatable bonds is 5. The Kier molecular flexibility index (Phi) is 5.43. The standard InChI is InChI=1S/C28H22F2N4O7/c1-40-25-22-14(24(35)16(28(38)39)10-33(22)19-7-17(19)29)6-18(30)23(25)32-9-15-20(11-32)41-31-21(15)27(37)34-8-12-4-2-3-5-13(12)26(34)36/h2-6,10,15,17,19-20H,7-9,11H2,1H3,(H,38,39)/t15?,17-,19+,20?/m0/s1. The van der Waals surface area contributed by atoms with Crippen LogP contribution in [0.3, 0.4) is 0 Å². The van der Waals surface area contributed by atoms with Crippen LogP contribution in [0.1, 0.15) is 38.7 Å². The molecule has 1 N–H and O–H groups in total. The molecule has 1 saturated carbocycles. The monoisotopic (exact) mass is 564 g/mol. The molecule has 11 nitrogen and oxygen atoms in total. The number of methoxy groups -OCH3 is 1. The number of carbonyl (C=O) groups is 3. The minimum Gasteiger partial charge on any atom is -0.492 e. The molecule has 13 heteroatoms. The highest BCUT2D eigenvalue weighted by atomic mass is 19.1. The molecule has 7 rings (SSSR count). The quantitative estimate of drug-likeness (QED) is 0.468. The Morgan fingerprint density at radius 2 is 1.95 bits per heavy atom. The first-order valence-corrected chi connectivity index (χ1v) is 12.9. The third-order valence-electron chi connectivity index (χ3n) is 8.18. The molecule has 4 aliphatic rings. The number of nitrogens with zero attached hydrogens (tertiary/aromatic N) is 4. The Balaban J connectivity index is 1.25. The molecule has 1 aromatic heterocycles. The number of aromatic nitrogens is 1. The topological polar surface area (TPSA) is 131 Å². The fraction of sp³-hybridized carbons (Fsp3) is 0.321. The summed E-state index contributed by atoms with van der Waals surface area (Å²) in [5.41, 5.74) is -0.277. The van der Waals surface area contributed by atoms with Crippen molar-refractivity contribution in [3.8, 4) is 5.75 Å². The first kappa shape index (κ1) is 25.2. The van der Waals surface area contributed by atoms with Crippen molar-refractivity contribution in [2.24, 2.45) is 11.1 Å². The van der Waals surface area contributed by atoms with E-state index in [4.69, 9.17) is 9.57 Å². The van der Waals surface area contributed by atoms with E-state index in [1.165, 1.54) is 11.7 Å². The number of imide groups is 1. The Labute approximate surface area is 230 Å². The van der Waals surface area contributed by atoms with Crippen LogP contribution in [0.15, 0.2) is 46.5 Å². The van der Waals surface area contributed by atoms with Crippen molar-refractivity contribution in [1.29, 1.82) is 0 Å². The number of fused-ring (bicyclic) bond motifs is 3. The van der Waals surface area contributed by atoms with Gasteiger partial charge in [0.05, 0.1) is 43.1 Å². The minimum absolute atomic E-state index is 0.0401. The lowest BCUT2D eigenvalue weighted by Crippen LogP contribution is -2.40. The summed E-state index contributed by atoms with van der Waals surface area (Å²) < 4.78 is 36.9. The number of oxime groups is 1. The molecule has 1 aliphatic carbocycles. The van der Waals surface area contributed by atoms with Gasteiger partial charge in [0, 0.05) is 24.7 Å². The van der Waals surface area contributed by atoms with Crippen molar-refractivity contribution in [2.75, 3.05) is 25.1 Å². The summed E-state index contributed by atoms with van der Waals surface area (Å²) in [6.07, 6.45) is -0.707. The van der Waals surface area contributed by atoms with Gasteiger partial charge < -0.3 is 24.1 Å². The summed E-state index contributed by atoms with van der Waals surface area (Å²) in [5, 5.41) is 13.3. The van der Waals surface area contributed by atoms with E-state index in [9.17, 15) is 28.7 Å². The van der Waals surface area contributed by atoms with Crippen LogP contribution in [0.25, 0.3) is 10.9 Å². The molecule has 41 heavy (non-hydrogen) atoms. The summed E-state index contributed by atoms with van der Waals surface area (Å²) in [7, 11) is 1.28. The summed E-state index contributed by atoms with van der Waals surface area (Å²) in [5.74, 6) is -4.05. The van der Waals surface area contributed by atoms with Crippen LogP contribution in [-0.4, -0.2) is 70.5 Å². The summed E-state index contributed by atoms with van der Waals surface area (Å²) >= 11 is 0. The molecule has 2 fully saturated rings. The van der Waals surface area contributed by atoms with E-state index in [1.807, 2.05) is 0 Å². The van der Waals surface area contributed by atoms with Crippen molar-refractivity contribution in [3.63, 3.8) is 0 Å². The molecule has 1 saturated heterocycles. The number of benzene rings is 2. The number of carboxylic acid groups (broad SMARTS) is 1. The van der Waals surface area contributed by atoms with E-state index in [2.05, 4.69) is 5.16 Å². The van der Waals surface area contributed by atoms with E-state index >= 15 is 4.39 Å². The van der Waals surface area contributed by atoms with Gasteiger partial charge in [0.15, 0.2) is 23.4 Å². The van der Waals surface area contributed by atoms with Crippen LogP contribution in [-0.2, 0) is 16.2 Å². The number of aromatic carboxylic acids is 1. The van der Waals surface area contributed by atoms with Gasteiger partial charge in [0.1, 0.15) is 17.4 Å². The van der Waals surface area contributed by atoms with Crippen LogP contribution in [0, 0.1) is 11.7 Å². The molecule has 0 radical (unpaired) electrons. The third kappa shape index (κ3) is 3.64. The summed E-state index contributed by atoms with van der Waals surface area (Å²) in [6, 6.07) is 7.13. The second-order valence-corrected chi connectivity index (χ2v) is 10.5. The van der Waals surface area contributed by atoms with Gasteiger partial charge in [-0.05, 0) is 17.7 Å². The van der Waals surface area contributed by atoms with Gasteiger partial charge >= 0.3 is 5.97 Å². The van der Waals surface area contributed by atoms with Crippen LogP contribution in [0.4, 0.5) is 14.5 Å². The van der Waals surface area contributed by atoms with E-state index in [1.54, 1.807) is 29.2 Å². The molecular weight excluding hydrogens is 542 g/mol. The van der Waals surface area contributed by atoms with Gasteiger partial charge in [0.25, 0.3) is 11.8 Å². The largest absolute Gasteiger partial charge is 0.492 e. The Morgan fingerprint density at radius 1 is 1.20 bits per heavy atom. The van der Waals surface area contributed by atoms with E-state index < -0.39 is 58.8 Å². The average molecular weight is 565 g/mol. The molecule has 4 heterocycles. The maximum absolute atomic E-state index is 15.8. The first-order chi connectivity index (χ1) is 19.7. The summed E-state index contributed by atoms with van der Waals surface area (Å²) in [6.45, 7) is 0.286. The molecule has 2 amide bonds. The number of halogens is 2. The second kappa shape index (κ2) is 8.85. The van der Waals surface area contributed by atoms with E-state index in [0.29, 0.717) is 5.56 Å². The second-order valence-electron chi connectivity index (χ2n) is 10.5. The molecule has 4 atom stereocenters. The van der Waals surface area contributed by atoms with Crippen molar-refractivity contribution < 1.29 is 37.8 Å². The molecule has 2 aromatic carbocycles. The number of pyridine rings is 1. The molecular formula is C28H22F2N4O7. The number of ether oxygens (including phenoxy) is 1. The van der Waals surface area contributed by atoms with Crippen LogP contribution < -0.4 is 15.1 Å². The van der Waals surface area contributed by atoms with Crippen molar-refractivity contribution in [1.82, 2.24) is 9.47 Å². The maximum atomic E-state index is 15.8. The Morgan fingerprint density at radius 3 is 2.63 bits per heavy atom. The number of carboxylic acids is 1. The molecule has 3 aliphatic heterocycles. The van der Waals surface area contributed by atoms with Crippen LogP contribution >= 0.6 is 0 Å². The minimum atomic E-state index is -1.51. The predicted octanol–water partition coefficient (Wildman–Crippen LogP) is 2.50. The Bertz CT molecular complexity index is 1790. The number of alkyl halides is 1. The lowest BCUT2D eigenvalue weighted by Gasteiger charge is -2.25. The predicted molar refractivity (Wildman–Crippen MR) is 140 cm³/mol. The highest BCUT2D eigenvalue weighted by Gasteiger charge is 2.49. The van der Waals surface area contributed by atoms with Crippen molar-refractivity contribution in [3.05, 3.63) is 69.3 Å². The van der Waals surface area contributed by atoms with Gasteiger partial charge in [-0.1, -0.05) is 23.4 Å². The SMILES string of the molecule is COc1c(N2CC3ON=C(C(=O)N4Cc5ccccc5C4=O)C3C2)c(F)cc2c(=O)c(C(=O)O)cn([C@@H]3C[C@@H]3F)c12. The molecule has 0 spiro atoms. The zero-order chi connectivity index (χ0) is 28.7. The van der Waals surface area contributed by atoms with Gasteiger partial charge in [-0.2, -0.15) is 0 Å². The highest BCUT2D eigenvalue weighted by Crippen LogP contribution is 2.46. The zero-order valence-electron chi connectivity index (χ0n) is 21.5. The zero-order valence-corrected chi connectivity index (χ0v) is 21.5. The lowest BCUT2D eigenvalue weighted by molar-refractivity contribution is -0.122. The fourth-order valence-corrected chi connectivity index (χ4v) is 6.06. The molecule has 0 bridgehead atoms. The lowest BCUT2D eigenvalue weighted by atomic mass is 10.00. The number of anilines is 1. The van der Waals surface area contributed by atoms with Crippen LogP contribution in [0.5, 0.6) is 5.75 Å². The van der Waals surface area contributed by atoms with Gasteiger partial charge in [-0.15, -0.1) is 0 Å². The Hall–Kier alpha value is -4.81. The van der Waals surface area contributed by atoms with E-state index in [-0.39, 0.29) is 54.1 Å². The van der Waals surface area contributed by atoms with Crippen LogP contribution in [0.2, 0.25) is 0 Å². The number of hydrogen-bond acceptors (Lipinski definition) is 8.